The molecule has 1 aliphatic heterocycles. The number of hydrogen-bond donors (Lipinski definition) is 0. The van der Waals surface area contributed by atoms with Crippen LogP contribution in [0.1, 0.15) is 12.0 Å². The lowest BCUT2D eigenvalue weighted by Gasteiger charge is -2.35. The predicted molar refractivity (Wildman–Crippen MR) is 85.8 cm³/mol. The van der Waals surface area contributed by atoms with Crippen LogP contribution in [-0.2, 0) is 16.3 Å². The van der Waals surface area contributed by atoms with Crippen molar-refractivity contribution in [2.75, 3.05) is 23.3 Å². The molecular formula is C14H17Cl3O2S. The highest BCUT2D eigenvalue weighted by molar-refractivity contribution is 7.91. The minimum Gasteiger partial charge on any atom is -0.229 e. The zero-order chi connectivity index (χ0) is 14.8. The Bertz CT molecular complexity index is 568. The van der Waals surface area contributed by atoms with E-state index in [1.54, 1.807) is 0 Å². The molecule has 0 N–H and O–H groups in total. The summed E-state index contributed by atoms with van der Waals surface area (Å²) in [5.41, 5.74) is 0.553. The molecule has 1 atom stereocenters. The SMILES string of the molecule is O=S1(=O)CCC(C(CCl)(CCl)Cc2ccccc2Cl)C1. The van der Waals surface area contributed by atoms with E-state index in [4.69, 9.17) is 34.8 Å². The van der Waals surface area contributed by atoms with Gasteiger partial charge in [-0.05, 0) is 30.4 Å². The topological polar surface area (TPSA) is 34.1 Å². The van der Waals surface area contributed by atoms with Crippen molar-refractivity contribution in [3.8, 4) is 0 Å². The van der Waals surface area contributed by atoms with Crippen LogP contribution in [0.3, 0.4) is 0 Å². The molecule has 6 heteroatoms. The number of halogens is 3. The van der Waals surface area contributed by atoms with Crippen molar-refractivity contribution in [3.63, 3.8) is 0 Å². The summed E-state index contributed by atoms with van der Waals surface area (Å²) in [5.74, 6) is 1.08. The fourth-order valence-corrected chi connectivity index (χ4v) is 5.85. The van der Waals surface area contributed by atoms with Gasteiger partial charge in [0.2, 0.25) is 0 Å². The van der Waals surface area contributed by atoms with Gasteiger partial charge in [-0.3, -0.25) is 0 Å². The molecule has 0 radical (unpaired) electrons. The van der Waals surface area contributed by atoms with Crippen molar-refractivity contribution in [2.24, 2.45) is 11.3 Å². The van der Waals surface area contributed by atoms with Crippen LogP contribution in [0.15, 0.2) is 24.3 Å². The molecule has 1 unspecified atom stereocenters. The van der Waals surface area contributed by atoms with E-state index in [0.717, 1.165) is 5.56 Å². The Balaban J connectivity index is 2.29. The number of hydrogen-bond acceptors (Lipinski definition) is 2. The second-order valence-corrected chi connectivity index (χ2v) is 8.67. The minimum absolute atomic E-state index is 0.00114. The Morgan fingerprint density at radius 3 is 2.35 bits per heavy atom. The van der Waals surface area contributed by atoms with Crippen LogP contribution in [0.4, 0.5) is 0 Å². The zero-order valence-corrected chi connectivity index (χ0v) is 14.1. The fourth-order valence-electron chi connectivity index (χ4n) is 2.79. The molecule has 1 aromatic rings. The van der Waals surface area contributed by atoms with E-state index in [2.05, 4.69) is 0 Å². The van der Waals surface area contributed by atoms with Crippen LogP contribution in [0, 0.1) is 11.3 Å². The Morgan fingerprint density at radius 1 is 1.20 bits per heavy atom. The third-order valence-electron chi connectivity index (χ3n) is 4.13. The van der Waals surface area contributed by atoms with Gasteiger partial charge in [0.1, 0.15) is 0 Å². The van der Waals surface area contributed by atoms with Gasteiger partial charge >= 0.3 is 0 Å². The molecular weight excluding hydrogens is 339 g/mol. The number of alkyl halides is 2. The van der Waals surface area contributed by atoms with E-state index in [0.29, 0.717) is 29.6 Å². The summed E-state index contributed by atoms with van der Waals surface area (Å²) < 4.78 is 23.5. The lowest BCUT2D eigenvalue weighted by atomic mass is 9.73. The van der Waals surface area contributed by atoms with Crippen LogP contribution in [0.25, 0.3) is 0 Å². The monoisotopic (exact) mass is 354 g/mol. The van der Waals surface area contributed by atoms with E-state index in [9.17, 15) is 8.42 Å². The van der Waals surface area contributed by atoms with E-state index in [1.165, 1.54) is 0 Å². The van der Waals surface area contributed by atoms with Gasteiger partial charge in [0.05, 0.1) is 11.5 Å². The highest BCUT2D eigenvalue weighted by Crippen LogP contribution is 2.42. The molecule has 1 aromatic carbocycles. The van der Waals surface area contributed by atoms with Crippen LogP contribution in [-0.4, -0.2) is 31.7 Å². The van der Waals surface area contributed by atoms with Gasteiger partial charge in [-0.1, -0.05) is 29.8 Å². The number of sulfone groups is 1. The second-order valence-electron chi connectivity index (χ2n) is 5.50. The molecule has 1 aliphatic rings. The molecule has 2 nitrogen and oxygen atoms in total. The zero-order valence-electron chi connectivity index (χ0n) is 11.0. The standard InChI is InChI=1S/C14H17Cl3O2S/c15-9-14(10-16,12-5-6-20(18,19)8-12)7-11-3-1-2-4-13(11)17/h1-4,12H,5-10H2. The molecule has 1 saturated heterocycles. The summed E-state index contributed by atoms with van der Waals surface area (Å²) in [5, 5.41) is 0.674. The Morgan fingerprint density at radius 2 is 1.85 bits per heavy atom. The smallest absolute Gasteiger partial charge is 0.150 e. The highest BCUT2D eigenvalue weighted by Gasteiger charge is 2.44. The minimum atomic E-state index is -2.95. The molecule has 0 aromatic heterocycles. The predicted octanol–water partition coefficient (Wildman–Crippen LogP) is 3.78. The lowest BCUT2D eigenvalue weighted by molar-refractivity contribution is 0.245. The molecule has 0 saturated carbocycles. The fraction of sp³-hybridized carbons (Fsp3) is 0.571. The molecule has 1 fully saturated rings. The van der Waals surface area contributed by atoms with E-state index in [-0.39, 0.29) is 17.4 Å². The summed E-state index contributed by atoms with van der Waals surface area (Å²) in [4.78, 5) is 0. The second kappa shape index (κ2) is 6.43. The van der Waals surface area contributed by atoms with Crippen molar-refractivity contribution in [1.29, 1.82) is 0 Å². The van der Waals surface area contributed by atoms with E-state index in [1.807, 2.05) is 24.3 Å². The molecule has 0 bridgehead atoms. The lowest BCUT2D eigenvalue weighted by Crippen LogP contribution is -2.37. The van der Waals surface area contributed by atoms with Crippen molar-refractivity contribution in [1.82, 2.24) is 0 Å². The first-order chi connectivity index (χ1) is 9.42. The van der Waals surface area contributed by atoms with Crippen molar-refractivity contribution in [2.45, 2.75) is 12.8 Å². The molecule has 2 rings (SSSR count). The third-order valence-corrected chi connectivity index (χ3v) is 7.33. The summed E-state index contributed by atoms with van der Waals surface area (Å²) in [7, 11) is -2.95. The first kappa shape index (κ1) is 16.4. The largest absolute Gasteiger partial charge is 0.229 e. The summed E-state index contributed by atoms with van der Waals surface area (Å²) in [6.45, 7) is 0. The highest BCUT2D eigenvalue weighted by atomic mass is 35.5. The average molecular weight is 356 g/mol. The average Bonchev–Trinajstić information content (AvgIpc) is 2.79. The molecule has 0 spiro atoms. The van der Waals surface area contributed by atoms with Gasteiger partial charge in [0.15, 0.2) is 9.84 Å². The van der Waals surface area contributed by atoms with Gasteiger partial charge in [-0.15, -0.1) is 23.2 Å². The molecule has 1 heterocycles. The summed E-state index contributed by atoms with van der Waals surface area (Å²) in [6.07, 6.45) is 1.24. The van der Waals surface area contributed by atoms with Gasteiger partial charge in [0.25, 0.3) is 0 Å². The Hall–Kier alpha value is 0.0400. The van der Waals surface area contributed by atoms with Crippen molar-refractivity contribution < 1.29 is 8.42 Å². The van der Waals surface area contributed by atoms with E-state index < -0.39 is 15.3 Å². The maximum Gasteiger partial charge on any atom is 0.150 e. The first-order valence-electron chi connectivity index (χ1n) is 6.48. The van der Waals surface area contributed by atoms with Gasteiger partial charge in [0, 0.05) is 22.2 Å². The van der Waals surface area contributed by atoms with Gasteiger partial charge < -0.3 is 0 Å². The van der Waals surface area contributed by atoms with Crippen LogP contribution in [0.2, 0.25) is 5.02 Å². The van der Waals surface area contributed by atoms with Gasteiger partial charge in [-0.2, -0.15) is 0 Å². The van der Waals surface area contributed by atoms with Crippen LogP contribution < -0.4 is 0 Å². The summed E-state index contributed by atoms with van der Waals surface area (Å²) >= 11 is 18.6. The maximum absolute atomic E-state index is 11.7. The van der Waals surface area contributed by atoms with Crippen LogP contribution >= 0.6 is 34.8 Å². The Labute approximate surface area is 135 Å². The first-order valence-corrected chi connectivity index (χ1v) is 9.75. The molecule has 0 aliphatic carbocycles. The molecule has 20 heavy (non-hydrogen) atoms. The third kappa shape index (κ3) is 3.44. The molecule has 112 valence electrons. The van der Waals surface area contributed by atoms with Gasteiger partial charge in [-0.25, -0.2) is 8.42 Å². The number of benzene rings is 1. The maximum atomic E-state index is 11.7. The number of rotatable bonds is 5. The van der Waals surface area contributed by atoms with Crippen molar-refractivity contribution >= 4 is 44.6 Å². The van der Waals surface area contributed by atoms with Crippen molar-refractivity contribution in [3.05, 3.63) is 34.9 Å². The normalized spacial score (nSPS) is 22.1. The molecule has 0 amide bonds. The quantitative estimate of drug-likeness (QED) is 0.753. The summed E-state index contributed by atoms with van der Waals surface area (Å²) in [6, 6.07) is 7.56. The Kier molecular flexibility index (Phi) is 5.28. The van der Waals surface area contributed by atoms with E-state index >= 15 is 0 Å². The van der Waals surface area contributed by atoms with Crippen LogP contribution in [0.5, 0.6) is 0 Å².